The molecule has 2 N–H and O–H groups in total. The van der Waals surface area contributed by atoms with E-state index < -0.39 is 11.9 Å². The Morgan fingerprint density at radius 1 is 1.39 bits per heavy atom. The summed E-state index contributed by atoms with van der Waals surface area (Å²) in [5.41, 5.74) is 0. The molecule has 0 bridgehead atoms. The van der Waals surface area contributed by atoms with Crippen LogP contribution in [0, 0.1) is 0 Å². The number of amides is 1. The molecule has 1 amide bonds. The van der Waals surface area contributed by atoms with Crippen LogP contribution in [0.2, 0.25) is 0 Å². The van der Waals surface area contributed by atoms with Crippen LogP contribution in [0.5, 0.6) is 0 Å². The molecule has 0 aliphatic carbocycles. The van der Waals surface area contributed by atoms with Crippen LogP contribution in [0.4, 0.5) is 0 Å². The van der Waals surface area contributed by atoms with Crippen molar-refractivity contribution < 1.29 is 28.6 Å². The summed E-state index contributed by atoms with van der Waals surface area (Å²) in [6, 6.07) is 2.52. The van der Waals surface area contributed by atoms with Gasteiger partial charge in [0.2, 0.25) is 5.76 Å². The lowest BCUT2D eigenvalue weighted by molar-refractivity contribution is 0.0282. The minimum Gasteiger partial charge on any atom is -0.475 e. The number of furan rings is 1. The second-order valence-corrected chi connectivity index (χ2v) is 3.49. The number of nitrogens with one attached hydrogen (secondary N) is 1. The van der Waals surface area contributed by atoms with Crippen LogP contribution < -0.4 is 5.32 Å². The zero-order chi connectivity index (χ0) is 13.5. The summed E-state index contributed by atoms with van der Waals surface area (Å²) in [5.74, 6) is -2.05. The molecule has 7 nitrogen and oxygen atoms in total. The number of aromatic carboxylic acids is 1. The highest BCUT2D eigenvalue weighted by atomic mass is 16.5. The number of carbonyl (C=O) groups is 2. The van der Waals surface area contributed by atoms with Gasteiger partial charge in [-0.25, -0.2) is 4.79 Å². The van der Waals surface area contributed by atoms with Crippen molar-refractivity contribution >= 4 is 11.9 Å². The van der Waals surface area contributed by atoms with Crippen LogP contribution in [0.25, 0.3) is 0 Å². The van der Waals surface area contributed by atoms with Gasteiger partial charge in [-0.1, -0.05) is 0 Å². The highest BCUT2D eigenvalue weighted by Crippen LogP contribution is 2.07. The first-order valence-corrected chi connectivity index (χ1v) is 5.21. The molecule has 0 saturated carbocycles. The molecule has 0 aromatic carbocycles. The summed E-state index contributed by atoms with van der Waals surface area (Å²) in [6.45, 7) is 0.585. The van der Waals surface area contributed by atoms with Crippen LogP contribution >= 0.6 is 0 Å². The largest absolute Gasteiger partial charge is 0.475 e. The second-order valence-electron chi connectivity index (χ2n) is 3.49. The highest BCUT2D eigenvalue weighted by molar-refractivity contribution is 5.93. The predicted octanol–water partition coefficient (Wildman–Crippen LogP) is 0.369. The molecule has 1 heterocycles. The second kappa shape index (κ2) is 6.77. The lowest BCUT2D eigenvalue weighted by atomic mass is 10.3. The predicted molar refractivity (Wildman–Crippen MR) is 60.7 cm³/mol. The summed E-state index contributed by atoms with van der Waals surface area (Å²) in [5, 5.41) is 11.2. The molecule has 1 unspecified atom stereocenters. The first-order valence-electron chi connectivity index (χ1n) is 5.21. The maximum Gasteiger partial charge on any atom is 0.371 e. The van der Waals surface area contributed by atoms with E-state index in [2.05, 4.69) is 5.32 Å². The van der Waals surface area contributed by atoms with Gasteiger partial charge in [-0.2, -0.15) is 0 Å². The number of carboxylic acid groups (broad SMARTS) is 1. The van der Waals surface area contributed by atoms with Crippen molar-refractivity contribution in [3.05, 3.63) is 23.7 Å². The van der Waals surface area contributed by atoms with Crippen LogP contribution in [0.1, 0.15) is 21.1 Å². The average Bonchev–Trinajstić information content (AvgIpc) is 2.83. The lowest BCUT2D eigenvalue weighted by Gasteiger charge is -2.14. The lowest BCUT2D eigenvalue weighted by Crippen LogP contribution is -2.35. The van der Waals surface area contributed by atoms with E-state index in [1.165, 1.54) is 26.4 Å². The van der Waals surface area contributed by atoms with Gasteiger partial charge in [0.15, 0.2) is 5.76 Å². The van der Waals surface area contributed by atoms with Gasteiger partial charge in [0.1, 0.15) is 0 Å². The van der Waals surface area contributed by atoms with Crippen molar-refractivity contribution in [1.29, 1.82) is 0 Å². The number of hydrogen-bond donors (Lipinski definition) is 2. The minimum atomic E-state index is -1.22. The highest BCUT2D eigenvalue weighted by Gasteiger charge is 2.16. The Balaban J connectivity index is 2.51. The Labute approximate surface area is 104 Å². The minimum absolute atomic E-state index is 0.0559. The molecule has 18 heavy (non-hydrogen) atoms. The molecule has 100 valence electrons. The molecular weight excluding hydrogens is 242 g/mol. The Morgan fingerprint density at radius 3 is 2.56 bits per heavy atom. The SMILES string of the molecule is COCC(CNC(=O)c1ccc(C(=O)O)o1)OC. The average molecular weight is 257 g/mol. The summed E-state index contributed by atoms with van der Waals surface area (Å²) >= 11 is 0. The third-order valence-corrected chi connectivity index (χ3v) is 2.22. The number of carboxylic acids is 1. The molecule has 0 spiro atoms. The van der Waals surface area contributed by atoms with Crippen LogP contribution in [0.3, 0.4) is 0 Å². The van der Waals surface area contributed by atoms with Gasteiger partial charge in [-0.15, -0.1) is 0 Å². The smallest absolute Gasteiger partial charge is 0.371 e. The quantitative estimate of drug-likeness (QED) is 0.732. The number of ether oxygens (including phenoxy) is 2. The summed E-state index contributed by atoms with van der Waals surface area (Å²) in [4.78, 5) is 22.2. The Morgan fingerprint density at radius 2 is 2.06 bits per heavy atom. The molecule has 1 atom stereocenters. The standard InChI is InChI=1S/C11H15NO6/c1-16-6-7(17-2)5-12-10(13)8-3-4-9(18-8)11(14)15/h3-4,7H,5-6H2,1-2H3,(H,12,13)(H,14,15). The molecule has 1 aromatic heterocycles. The molecule has 1 aromatic rings. The van der Waals surface area contributed by atoms with E-state index in [-0.39, 0.29) is 24.2 Å². The first-order chi connectivity index (χ1) is 8.58. The zero-order valence-corrected chi connectivity index (χ0v) is 10.1. The Bertz CT molecular complexity index is 413. The van der Waals surface area contributed by atoms with Crippen molar-refractivity contribution in [2.75, 3.05) is 27.4 Å². The molecular formula is C11H15NO6. The summed E-state index contributed by atoms with van der Waals surface area (Å²) in [6.07, 6.45) is -0.271. The van der Waals surface area contributed by atoms with Crippen molar-refractivity contribution in [3.8, 4) is 0 Å². The van der Waals surface area contributed by atoms with E-state index in [9.17, 15) is 9.59 Å². The van der Waals surface area contributed by atoms with Crippen LogP contribution in [-0.4, -0.2) is 50.5 Å². The van der Waals surface area contributed by atoms with Gasteiger partial charge in [0.05, 0.1) is 12.7 Å². The number of rotatable bonds is 7. The normalized spacial score (nSPS) is 12.1. The maximum atomic E-state index is 11.6. The molecule has 0 radical (unpaired) electrons. The van der Waals surface area contributed by atoms with E-state index in [1.54, 1.807) is 0 Å². The topological polar surface area (TPSA) is 98.0 Å². The Kier molecular flexibility index (Phi) is 5.34. The van der Waals surface area contributed by atoms with Gasteiger partial charge in [0, 0.05) is 20.8 Å². The van der Waals surface area contributed by atoms with E-state index in [1.807, 2.05) is 0 Å². The molecule has 1 rings (SSSR count). The number of hydrogen-bond acceptors (Lipinski definition) is 5. The van der Waals surface area contributed by atoms with Crippen molar-refractivity contribution in [1.82, 2.24) is 5.32 Å². The summed E-state index contributed by atoms with van der Waals surface area (Å²) < 4.78 is 14.8. The van der Waals surface area contributed by atoms with Crippen LogP contribution in [0.15, 0.2) is 16.5 Å². The fourth-order valence-electron chi connectivity index (χ4n) is 1.26. The summed E-state index contributed by atoms with van der Waals surface area (Å²) in [7, 11) is 3.03. The fourth-order valence-corrected chi connectivity index (χ4v) is 1.26. The van der Waals surface area contributed by atoms with E-state index >= 15 is 0 Å². The zero-order valence-electron chi connectivity index (χ0n) is 10.1. The van der Waals surface area contributed by atoms with E-state index in [0.29, 0.717) is 6.61 Å². The fraction of sp³-hybridized carbons (Fsp3) is 0.455. The first kappa shape index (κ1) is 14.2. The van der Waals surface area contributed by atoms with E-state index in [4.69, 9.17) is 19.0 Å². The van der Waals surface area contributed by atoms with Crippen molar-refractivity contribution in [2.45, 2.75) is 6.10 Å². The molecule has 7 heteroatoms. The number of carbonyl (C=O) groups excluding carboxylic acids is 1. The van der Waals surface area contributed by atoms with Gasteiger partial charge in [-0.3, -0.25) is 4.79 Å². The third kappa shape index (κ3) is 3.86. The third-order valence-electron chi connectivity index (χ3n) is 2.22. The maximum absolute atomic E-state index is 11.6. The van der Waals surface area contributed by atoms with Gasteiger partial charge >= 0.3 is 5.97 Å². The van der Waals surface area contributed by atoms with Gasteiger partial charge in [0.25, 0.3) is 5.91 Å². The monoisotopic (exact) mass is 257 g/mol. The van der Waals surface area contributed by atoms with Gasteiger partial charge < -0.3 is 24.3 Å². The molecule has 0 saturated heterocycles. The molecule has 0 fully saturated rings. The van der Waals surface area contributed by atoms with Crippen molar-refractivity contribution in [3.63, 3.8) is 0 Å². The molecule has 0 aliphatic heterocycles. The van der Waals surface area contributed by atoms with E-state index in [0.717, 1.165) is 0 Å². The Hall–Kier alpha value is -1.86. The van der Waals surface area contributed by atoms with Crippen molar-refractivity contribution in [2.24, 2.45) is 0 Å². The van der Waals surface area contributed by atoms with Crippen LogP contribution in [-0.2, 0) is 9.47 Å². The molecule has 0 aliphatic rings. The van der Waals surface area contributed by atoms with Gasteiger partial charge in [-0.05, 0) is 12.1 Å². The number of methoxy groups -OCH3 is 2.